The number of fused-ring (bicyclic) bond motifs is 1. The Kier molecular flexibility index (Phi) is 6.00. The van der Waals surface area contributed by atoms with Gasteiger partial charge in [0.05, 0.1) is 5.60 Å². The van der Waals surface area contributed by atoms with Crippen molar-refractivity contribution >= 4 is 5.91 Å². The van der Waals surface area contributed by atoms with Crippen LogP contribution in [-0.4, -0.2) is 41.7 Å². The molecule has 0 saturated carbocycles. The number of aliphatic hydroxyl groups is 1. The van der Waals surface area contributed by atoms with Crippen molar-refractivity contribution in [1.82, 2.24) is 4.90 Å². The van der Waals surface area contributed by atoms with E-state index in [-0.39, 0.29) is 17.9 Å². The number of carbonyl (C=O) groups is 1. The molecule has 2 aromatic rings. The molecule has 0 radical (unpaired) electrons. The second-order valence-corrected chi connectivity index (χ2v) is 8.27. The van der Waals surface area contributed by atoms with E-state index in [1.807, 2.05) is 47.4 Å². The number of ether oxygens (including phenoxy) is 2. The van der Waals surface area contributed by atoms with E-state index in [2.05, 4.69) is 13.8 Å². The summed E-state index contributed by atoms with van der Waals surface area (Å²) in [5.74, 6) is 1.30. The Morgan fingerprint density at radius 2 is 1.83 bits per heavy atom. The maximum Gasteiger partial charge on any atom is 0.254 e. The smallest absolute Gasteiger partial charge is 0.254 e. The maximum atomic E-state index is 13.5. The molecule has 160 valence electrons. The van der Waals surface area contributed by atoms with Crippen molar-refractivity contribution in [3.63, 3.8) is 0 Å². The third-order valence-electron chi connectivity index (χ3n) is 6.55. The van der Waals surface area contributed by atoms with Gasteiger partial charge in [0, 0.05) is 24.1 Å². The number of rotatable bonds is 5. The molecule has 0 bridgehead atoms. The third-order valence-corrected chi connectivity index (χ3v) is 6.55. The number of amides is 1. The van der Waals surface area contributed by atoms with E-state index in [0.717, 1.165) is 24.8 Å². The molecule has 30 heavy (non-hydrogen) atoms. The molecule has 1 amide bonds. The lowest BCUT2D eigenvalue weighted by Gasteiger charge is -2.50. The van der Waals surface area contributed by atoms with Crippen LogP contribution >= 0.6 is 0 Å². The van der Waals surface area contributed by atoms with Crippen molar-refractivity contribution in [3.8, 4) is 11.5 Å². The molecule has 4 rings (SSSR count). The van der Waals surface area contributed by atoms with Crippen molar-refractivity contribution in [1.29, 1.82) is 0 Å². The number of nitrogens with zero attached hydrogens (tertiary/aromatic N) is 1. The lowest BCUT2D eigenvalue weighted by Crippen LogP contribution is -2.57. The topological polar surface area (TPSA) is 59.0 Å². The van der Waals surface area contributed by atoms with Crippen LogP contribution in [0.2, 0.25) is 0 Å². The molecule has 0 aliphatic carbocycles. The van der Waals surface area contributed by atoms with Gasteiger partial charge in [-0.1, -0.05) is 50.6 Å². The normalized spacial score (nSPS) is 25.8. The van der Waals surface area contributed by atoms with Gasteiger partial charge in [0.25, 0.3) is 5.91 Å². The molecule has 0 spiro atoms. The predicted octanol–water partition coefficient (Wildman–Crippen LogP) is 4.39. The molecule has 0 unspecified atom stereocenters. The fourth-order valence-corrected chi connectivity index (χ4v) is 5.10. The van der Waals surface area contributed by atoms with Gasteiger partial charge in [-0.25, -0.2) is 0 Å². The van der Waals surface area contributed by atoms with Gasteiger partial charge in [-0.2, -0.15) is 0 Å². The Balaban J connectivity index is 1.64. The molecule has 1 fully saturated rings. The van der Waals surface area contributed by atoms with Crippen LogP contribution in [0.25, 0.3) is 0 Å². The highest BCUT2D eigenvalue weighted by atomic mass is 16.6. The van der Waals surface area contributed by atoms with E-state index < -0.39 is 5.60 Å². The minimum absolute atomic E-state index is 0.00459. The summed E-state index contributed by atoms with van der Waals surface area (Å²) in [5.41, 5.74) is 0.646. The minimum Gasteiger partial charge on any atom is -0.486 e. The molecule has 5 heteroatoms. The zero-order chi connectivity index (χ0) is 21.1. The Morgan fingerprint density at radius 1 is 1.10 bits per heavy atom. The van der Waals surface area contributed by atoms with Gasteiger partial charge < -0.3 is 19.5 Å². The first-order chi connectivity index (χ1) is 14.6. The van der Waals surface area contributed by atoms with Crippen molar-refractivity contribution in [2.45, 2.75) is 51.2 Å². The molecular formula is C25H31NO4. The molecule has 5 nitrogen and oxygen atoms in total. The Labute approximate surface area is 178 Å². The van der Waals surface area contributed by atoms with Crippen LogP contribution in [0.4, 0.5) is 0 Å². The van der Waals surface area contributed by atoms with Gasteiger partial charge in [0.15, 0.2) is 11.5 Å². The van der Waals surface area contributed by atoms with Gasteiger partial charge in [-0.05, 0) is 43.0 Å². The van der Waals surface area contributed by atoms with E-state index in [4.69, 9.17) is 9.47 Å². The van der Waals surface area contributed by atoms with Crippen LogP contribution in [-0.2, 0) is 5.60 Å². The zero-order valence-corrected chi connectivity index (χ0v) is 17.8. The highest BCUT2D eigenvalue weighted by Crippen LogP contribution is 2.44. The molecule has 2 aliphatic rings. The summed E-state index contributed by atoms with van der Waals surface area (Å²) in [4.78, 5) is 15.5. The zero-order valence-electron chi connectivity index (χ0n) is 17.8. The van der Waals surface area contributed by atoms with Gasteiger partial charge in [0.2, 0.25) is 0 Å². The minimum atomic E-state index is -0.915. The molecule has 1 saturated heterocycles. The first kappa shape index (κ1) is 20.7. The summed E-state index contributed by atoms with van der Waals surface area (Å²) < 4.78 is 11.3. The molecule has 0 aromatic heterocycles. The first-order valence-electron chi connectivity index (χ1n) is 11.1. The van der Waals surface area contributed by atoms with Crippen LogP contribution in [0.3, 0.4) is 0 Å². The summed E-state index contributed by atoms with van der Waals surface area (Å²) in [6.07, 6.45) is 3.17. The van der Waals surface area contributed by atoms with Gasteiger partial charge in [-0.15, -0.1) is 0 Å². The average molecular weight is 410 g/mol. The summed E-state index contributed by atoms with van der Waals surface area (Å²) >= 11 is 0. The van der Waals surface area contributed by atoms with E-state index in [1.54, 1.807) is 6.07 Å². The van der Waals surface area contributed by atoms with Crippen LogP contribution in [0.15, 0.2) is 48.5 Å². The number of carbonyl (C=O) groups excluding carboxylic acids is 1. The number of hydrogen-bond acceptors (Lipinski definition) is 4. The fraction of sp³-hybridized carbons (Fsp3) is 0.480. The summed E-state index contributed by atoms with van der Waals surface area (Å²) in [6.45, 7) is 5.79. The van der Waals surface area contributed by atoms with Crippen molar-refractivity contribution in [2.75, 3.05) is 19.8 Å². The number of likely N-dealkylation sites (tertiary alicyclic amines) is 1. The van der Waals surface area contributed by atoms with Crippen LogP contribution in [0.5, 0.6) is 11.5 Å². The van der Waals surface area contributed by atoms with Crippen molar-refractivity contribution < 1.29 is 19.4 Å². The molecule has 2 aromatic carbocycles. The van der Waals surface area contributed by atoms with Crippen molar-refractivity contribution in [2.24, 2.45) is 5.92 Å². The quantitative estimate of drug-likeness (QED) is 0.796. The predicted molar refractivity (Wildman–Crippen MR) is 116 cm³/mol. The van der Waals surface area contributed by atoms with Gasteiger partial charge in [0.1, 0.15) is 13.2 Å². The number of benzene rings is 2. The van der Waals surface area contributed by atoms with Crippen molar-refractivity contribution in [3.05, 3.63) is 59.7 Å². The lowest BCUT2D eigenvalue weighted by atomic mass is 9.69. The summed E-state index contributed by atoms with van der Waals surface area (Å²) in [5, 5.41) is 11.8. The fourth-order valence-electron chi connectivity index (χ4n) is 5.10. The molecule has 3 atom stereocenters. The SMILES string of the molecule is CCC[C@@H]1[C@H](CC)N(C(=O)c2ccc3c(c2)OCCO3)CC[C@@]1(O)c1ccccc1. The highest BCUT2D eigenvalue weighted by Gasteiger charge is 2.48. The van der Waals surface area contributed by atoms with E-state index in [0.29, 0.717) is 43.2 Å². The summed E-state index contributed by atoms with van der Waals surface area (Å²) in [6, 6.07) is 15.3. The van der Waals surface area contributed by atoms with Gasteiger partial charge in [-0.3, -0.25) is 4.79 Å². The van der Waals surface area contributed by atoms with E-state index in [1.165, 1.54) is 0 Å². The van der Waals surface area contributed by atoms with Crippen LogP contribution in [0.1, 0.15) is 55.5 Å². The standard InChI is InChI=1S/C25H31NO4/c1-3-8-20-21(4-2)26(14-13-25(20,28)19-9-6-5-7-10-19)24(27)18-11-12-22-23(17-18)30-16-15-29-22/h5-7,9-12,17,20-21,28H,3-4,8,13-16H2,1-2H3/t20-,21+,25-/m1/s1. The van der Waals surface area contributed by atoms with Gasteiger partial charge >= 0.3 is 0 Å². The Hall–Kier alpha value is -2.53. The lowest BCUT2D eigenvalue weighted by molar-refractivity contribution is -0.101. The maximum absolute atomic E-state index is 13.5. The summed E-state index contributed by atoms with van der Waals surface area (Å²) in [7, 11) is 0. The first-order valence-corrected chi connectivity index (χ1v) is 11.1. The molecule has 2 heterocycles. The van der Waals surface area contributed by atoms with Crippen LogP contribution in [0, 0.1) is 5.92 Å². The average Bonchev–Trinajstić information content (AvgIpc) is 2.80. The second-order valence-electron chi connectivity index (χ2n) is 8.27. The number of piperidine rings is 1. The monoisotopic (exact) mass is 409 g/mol. The number of hydrogen-bond donors (Lipinski definition) is 1. The Morgan fingerprint density at radius 3 is 2.53 bits per heavy atom. The third kappa shape index (κ3) is 3.67. The molecular weight excluding hydrogens is 378 g/mol. The second kappa shape index (κ2) is 8.68. The molecule has 2 aliphatic heterocycles. The highest BCUT2D eigenvalue weighted by molar-refractivity contribution is 5.95. The molecule has 1 N–H and O–H groups in total. The Bertz CT molecular complexity index is 884. The largest absolute Gasteiger partial charge is 0.486 e. The van der Waals surface area contributed by atoms with Crippen LogP contribution < -0.4 is 9.47 Å². The van der Waals surface area contributed by atoms with E-state index >= 15 is 0 Å². The van der Waals surface area contributed by atoms with E-state index in [9.17, 15) is 9.90 Å².